The van der Waals surface area contributed by atoms with E-state index in [4.69, 9.17) is 9.47 Å². The van der Waals surface area contributed by atoms with Gasteiger partial charge in [0.15, 0.2) is 0 Å². The molecule has 0 spiro atoms. The summed E-state index contributed by atoms with van der Waals surface area (Å²) in [5, 5.41) is 8.18. The van der Waals surface area contributed by atoms with Gasteiger partial charge in [-0.1, -0.05) is 74.5 Å². The number of hydrogen-bond donors (Lipinski definition) is 3. The average molecular weight is 540 g/mol. The maximum absolute atomic E-state index is 13.5. The highest BCUT2D eigenvalue weighted by Gasteiger charge is 2.31. The predicted molar refractivity (Wildman–Crippen MR) is 149 cm³/mol. The van der Waals surface area contributed by atoms with Gasteiger partial charge in [0, 0.05) is 12.8 Å². The lowest BCUT2D eigenvalue weighted by Crippen LogP contribution is -2.57. The zero-order valence-electron chi connectivity index (χ0n) is 23.7. The van der Waals surface area contributed by atoms with Crippen molar-refractivity contribution in [1.82, 2.24) is 16.0 Å². The van der Waals surface area contributed by atoms with Crippen molar-refractivity contribution in [3.05, 3.63) is 71.8 Å². The summed E-state index contributed by atoms with van der Waals surface area (Å²) < 4.78 is 10.3. The van der Waals surface area contributed by atoms with Crippen LogP contribution in [0.2, 0.25) is 0 Å². The molecule has 2 aromatic carbocycles. The van der Waals surface area contributed by atoms with E-state index in [1.54, 1.807) is 20.8 Å². The maximum Gasteiger partial charge on any atom is 0.408 e. The summed E-state index contributed by atoms with van der Waals surface area (Å²) in [5.41, 5.74) is 0.925. The highest BCUT2D eigenvalue weighted by atomic mass is 16.6. The Kier molecular flexibility index (Phi) is 12.0. The number of alkyl carbamates (subject to hydrolysis) is 1. The molecule has 0 aliphatic heterocycles. The topological polar surface area (TPSA) is 123 Å². The van der Waals surface area contributed by atoms with Gasteiger partial charge in [-0.3, -0.25) is 9.59 Å². The Hall–Kier alpha value is -3.88. The van der Waals surface area contributed by atoms with Crippen LogP contribution >= 0.6 is 0 Å². The Morgan fingerprint density at radius 2 is 1.18 bits per heavy atom. The Labute approximate surface area is 231 Å². The fourth-order valence-corrected chi connectivity index (χ4v) is 3.94. The van der Waals surface area contributed by atoms with Crippen molar-refractivity contribution in [1.29, 1.82) is 0 Å². The van der Waals surface area contributed by atoms with Crippen LogP contribution in [0.4, 0.5) is 4.79 Å². The van der Waals surface area contributed by atoms with Gasteiger partial charge in [0.2, 0.25) is 11.8 Å². The molecular formula is C30H41N3O6. The first-order valence-corrected chi connectivity index (χ1v) is 13.1. The van der Waals surface area contributed by atoms with Crippen LogP contribution in [0.5, 0.6) is 0 Å². The molecule has 0 aliphatic carbocycles. The van der Waals surface area contributed by atoms with E-state index in [0.717, 1.165) is 11.1 Å². The average Bonchev–Trinajstić information content (AvgIpc) is 2.86. The van der Waals surface area contributed by atoms with Crippen molar-refractivity contribution in [3.63, 3.8) is 0 Å². The number of carbonyl (C=O) groups excluding carboxylic acids is 4. The predicted octanol–water partition coefficient (Wildman–Crippen LogP) is 3.55. The molecule has 2 rings (SSSR count). The fourth-order valence-electron chi connectivity index (χ4n) is 3.94. The number of esters is 1. The molecule has 0 aliphatic rings. The van der Waals surface area contributed by atoms with Gasteiger partial charge in [0.1, 0.15) is 23.7 Å². The minimum Gasteiger partial charge on any atom is -0.467 e. The normalized spacial score (nSPS) is 13.5. The second kappa shape index (κ2) is 14.9. The molecule has 9 heteroatoms. The number of amides is 3. The minimum atomic E-state index is -0.995. The van der Waals surface area contributed by atoms with Crippen LogP contribution in [0.1, 0.15) is 52.2 Å². The quantitative estimate of drug-likeness (QED) is 0.355. The van der Waals surface area contributed by atoms with Crippen LogP contribution in [0.3, 0.4) is 0 Å². The lowest BCUT2D eigenvalue weighted by Gasteiger charge is -2.27. The Morgan fingerprint density at radius 1 is 0.718 bits per heavy atom. The van der Waals surface area contributed by atoms with Crippen LogP contribution in [0.25, 0.3) is 0 Å². The third-order valence-electron chi connectivity index (χ3n) is 5.72. The minimum absolute atomic E-state index is 0.0538. The van der Waals surface area contributed by atoms with Gasteiger partial charge < -0.3 is 25.4 Å². The van der Waals surface area contributed by atoms with Gasteiger partial charge in [-0.2, -0.15) is 0 Å². The van der Waals surface area contributed by atoms with E-state index in [1.807, 2.05) is 74.5 Å². The van der Waals surface area contributed by atoms with Crippen LogP contribution in [0, 0.1) is 5.92 Å². The number of hydrogen-bond acceptors (Lipinski definition) is 6. The molecular weight excluding hydrogens is 498 g/mol. The molecule has 3 atom stereocenters. The Balaban J connectivity index is 2.23. The summed E-state index contributed by atoms with van der Waals surface area (Å²) in [6.45, 7) is 9.04. The summed E-state index contributed by atoms with van der Waals surface area (Å²) in [5.74, 6) is -1.59. The van der Waals surface area contributed by atoms with Crippen LogP contribution in [0.15, 0.2) is 60.7 Å². The smallest absolute Gasteiger partial charge is 0.408 e. The van der Waals surface area contributed by atoms with Crippen LogP contribution in [-0.2, 0) is 36.7 Å². The van der Waals surface area contributed by atoms with E-state index in [9.17, 15) is 19.2 Å². The highest BCUT2D eigenvalue weighted by Crippen LogP contribution is 2.12. The molecule has 3 amide bonds. The number of nitrogens with one attached hydrogen (secondary N) is 3. The van der Waals surface area contributed by atoms with E-state index >= 15 is 0 Å². The molecule has 0 bridgehead atoms. The van der Waals surface area contributed by atoms with Crippen LogP contribution < -0.4 is 16.0 Å². The van der Waals surface area contributed by atoms with Crippen molar-refractivity contribution in [2.45, 2.75) is 77.6 Å². The fraction of sp³-hybridized carbons (Fsp3) is 0.467. The van der Waals surface area contributed by atoms with Crippen molar-refractivity contribution in [2.24, 2.45) is 5.92 Å². The van der Waals surface area contributed by atoms with Crippen molar-refractivity contribution >= 4 is 23.9 Å². The number of benzene rings is 2. The summed E-state index contributed by atoms with van der Waals surface area (Å²) >= 11 is 0. The summed E-state index contributed by atoms with van der Waals surface area (Å²) in [4.78, 5) is 51.9. The molecule has 9 nitrogen and oxygen atoms in total. The Morgan fingerprint density at radius 3 is 1.64 bits per heavy atom. The molecule has 0 saturated carbocycles. The largest absolute Gasteiger partial charge is 0.467 e. The van der Waals surface area contributed by atoms with E-state index in [1.165, 1.54) is 7.11 Å². The van der Waals surface area contributed by atoms with Crippen molar-refractivity contribution in [3.8, 4) is 0 Å². The highest BCUT2D eigenvalue weighted by molar-refractivity contribution is 5.93. The second-order valence-electron chi connectivity index (χ2n) is 10.9. The van der Waals surface area contributed by atoms with E-state index in [-0.39, 0.29) is 18.8 Å². The number of carbonyl (C=O) groups is 4. The van der Waals surface area contributed by atoms with E-state index < -0.39 is 47.6 Å². The molecule has 0 radical (unpaired) electrons. The van der Waals surface area contributed by atoms with Crippen molar-refractivity contribution in [2.75, 3.05) is 7.11 Å². The molecule has 3 N–H and O–H groups in total. The first-order chi connectivity index (χ1) is 18.4. The molecule has 39 heavy (non-hydrogen) atoms. The van der Waals surface area contributed by atoms with Crippen LogP contribution in [-0.4, -0.2) is 54.7 Å². The monoisotopic (exact) mass is 539 g/mol. The third-order valence-corrected chi connectivity index (χ3v) is 5.72. The molecule has 0 saturated heterocycles. The lowest BCUT2D eigenvalue weighted by atomic mass is 10.00. The third kappa shape index (κ3) is 11.6. The Bertz CT molecular complexity index is 1080. The summed E-state index contributed by atoms with van der Waals surface area (Å²) in [6.07, 6.45) is 0.0116. The lowest BCUT2D eigenvalue weighted by molar-refractivity contribution is -0.145. The number of ether oxygens (including phenoxy) is 2. The van der Waals surface area contributed by atoms with Gasteiger partial charge >= 0.3 is 12.1 Å². The molecule has 0 aromatic heterocycles. The van der Waals surface area contributed by atoms with E-state index in [2.05, 4.69) is 16.0 Å². The standard InChI is InChI=1S/C30H41N3O6/c1-20(2)17-23(26(34)32-25(28(36)38-6)19-22-15-11-8-12-16-22)31-27(35)24(18-21-13-9-7-10-14-21)33-29(37)39-30(3,4)5/h7-16,20,23-25H,17-19H2,1-6H3,(H,31,35)(H,32,34)(H,33,37)/t23-,24-,25-/m0/s1. The van der Waals surface area contributed by atoms with Crippen molar-refractivity contribution < 1.29 is 28.7 Å². The molecule has 0 fully saturated rings. The van der Waals surface area contributed by atoms with E-state index in [0.29, 0.717) is 6.42 Å². The molecule has 2 aromatic rings. The van der Waals surface area contributed by atoms with Gasteiger partial charge in [-0.25, -0.2) is 9.59 Å². The zero-order chi connectivity index (χ0) is 29.0. The SMILES string of the molecule is COC(=O)[C@H](Cc1ccccc1)NC(=O)[C@H](CC(C)C)NC(=O)[C@H](Cc1ccccc1)NC(=O)OC(C)(C)C. The number of rotatable bonds is 12. The van der Waals surface area contributed by atoms with Gasteiger partial charge in [0.05, 0.1) is 7.11 Å². The molecule has 212 valence electrons. The van der Waals surface area contributed by atoms with Gasteiger partial charge in [0.25, 0.3) is 0 Å². The summed E-state index contributed by atoms with van der Waals surface area (Å²) in [6, 6.07) is 15.6. The first-order valence-electron chi connectivity index (χ1n) is 13.1. The second-order valence-corrected chi connectivity index (χ2v) is 10.9. The molecule has 0 unspecified atom stereocenters. The van der Waals surface area contributed by atoms with Gasteiger partial charge in [-0.05, 0) is 44.2 Å². The first kappa shape index (κ1) is 31.3. The van der Waals surface area contributed by atoms with Gasteiger partial charge in [-0.15, -0.1) is 0 Å². The molecule has 0 heterocycles. The maximum atomic E-state index is 13.5. The summed E-state index contributed by atoms with van der Waals surface area (Å²) in [7, 11) is 1.26. The number of methoxy groups -OCH3 is 1. The zero-order valence-corrected chi connectivity index (χ0v) is 23.7.